The van der Waals surface area contributed by atoms with Crippen LogP contribution < -0.4 is 4.90 Å². The van der Waals surface area contributed by atoms with Crippen LogP contribution >= 0.6 is 27.7 Å². The van der Waals surface area contributed by atoms with E-state index >= 15 is 0 Å². The summed E-state index contributed by atoms with van der Waals surface area (Å²) in [5.74, 6) is 0.760. The van der Waals surface area contributed by atoms with Gasteiger partial charge in [-0.05, 0) is 46.1 Å². The quantitative estimate of drug-likeness (QED) is 0.598. The van der Waals surface area contributed by atoms with Crippen molar-refractivity contribution in [1.82, 2.24) is 10.2 Å². The number of amides is 1. The van der Waals surface area contributed by atoms with Gasteiger partial charge in [0.25, 0.3) is 5.22 Å². The van der Waals surface area contributed by atoms with Gasteiger partial charge in [0.15, 0.2) is 0 Å². The molecule has 0 saturated heterocycles. The number of hydrogen-bond donors (Lipinski definition) is 0. The maximum absolute atomic E-state index is 12.5. The van der Waals surface area contributed by atoms with E-state index in [0.717, 1.165) is 28.7 Å². The van der Waals surface area contributed by atoms with Gasteiger partial charge in [-0.3, -0.25) is 4.79 Å². The van der Waals surface area contributed by atoms with Crippen molar-refractivity contribution in [3.05, 3.63) is 58.6 Å². The molecule has 5 nitrogen and oxygen atoms in total. The first-order valence-electron chi connectivity index (χ1n) is 7.82. The third-order valence-electron chi connectivity index (χ3n) is 4.02. The minimum absolute atomic E-state index is 0.0515. The van der Waals surface area contributed by atoms with E-state index in [1.807, 2.05) is 47.4 Å². The summed E-state index contributed by atoms with van der Waals surface area (Å²) in [5, 5.41) is 8.49. The second-order valence-corrected chi connectivity index (χ2v) is 7.35. The van der Waals surface area contributed by atoms with E-state index in [4.69, 9.17) is 4.42 Å². The summed E-state index contributed by atoms with van der Waals surface area (Å²) in [5.41, 5.74) is 3.06. The minimum atomic E-state index is 0.0515. The molecule has 25 heavy (non-hydrogen) atoms. The number of hydrogen-bond acceptors (Lipinski definition) is 5. The fourth-order valence-corrected chi connectivity index (χ4v) is 3.90. The van der Waals surface area contributed by atoms with E-state index in [0.29, 0.717) is 11.1 Å². The van der Waals surface area contributed by atoms with Crippen LogP contribution in [0, 0.1) is 0 Å². The van der Waals surface area contributed by atoms with Crippen LogP contribution in [0.25, 0.3) is 11.5 Å². The van der Waals surface area contributed by atoms with Crippen LogP contribution in [0.4, 0.5) is 5.69 Å². The fourth-order valence-electron chi connectivity index (χ4n) is 2.81. The number of fused-ring (bicyclic) bond motifs is 1. The Balaban J connectivity index is 1.43. The molecule has 0 bridgehead atoms. The molecule has 2 heterocycles. The molecule has 0 N–H and O–H groups in total. The summed E-state index contributed by atoms with van der Waals surface area (Å²) in [6.45, 7) is 0.727. The average Bonchev–Trinajstić information content (AvgIpc) is 3.27. The number of carbonyl (C=O) groups is 1. The molecule has 0 radical (unpaired) electrons. The molecule has 7 heteroatoms. The van der Waals surface area contributed by atoms with Crippen molar-refractivity contribution in [3.63, 3.8) is 0 Å². The number of thioether (sulfide) groups is 1. The molecule has 1 amide bonds. The van der Waals surface area contributed by atoms with Crippen molar-refractivity contribution < 1.29 is 9.21 Å². The van der Waals surface area contributed by atoms with Crippen molar-refractivity contribution in [2.24, 2.45) is 0 Å². The molecule has 2 aromatic carbocycles. The molecule has 0 fully saturated rings. The molecule has 0 saturated carbocycles. The Hall–Kier alpha value is -2.12. The van der Waals surface area contributed by atoms with E-state index in [2.05, 4.69) is 32.2 Å². The van der Waals surface area contributed by atoms with E-state index in [9.17, 15) is 4.79 Å². The normalized spacial score (nSPS) is 13.1. The zero-order valence-electron chi connectivity index (χ0n) is 13.2. The largest absolute Gasteiger partial charge is 0.411 e. The molecular weight excluding hydrogens is 402 g/mol. The highest BCUT2D eigenvalue weighted by atomic mass is 79.9. The molecule has 0 atom stereocenters. The summed E-state index contributed by atoms with van der Waals surface area (Å²) in [4.78, 5) is 14.3. The SMILES string of the molecule is O=C(CSc1nnc(-c2ccccc2Br)o1)N1CCc2ccccc21. The van der Waals surface area contributed by atoms with Crippen LogP contribution in [0.15, 0.2) is 62.6 Å². The summed E-state index contributed by atoms with van der Waals surface area (Å²) in [6, 6.07) is 15.7. The summed E-state index contributed by atoms with van der Waals surface area (Å²) >= 11 is 4.73. The van der Waals surface area contributed by atoms with E-state index < -0.39 is 0 Å². The van der Waals surface area contributed by atoms with Gasteiger partial charge in [-0.15, -0.1) is 10.2 Å². The molecule has 0 spiro atoms. The van der Waals surface area contributed by atoms with E-state index in [1.165, 1.54) is 17.3 Å². The summed E-state index contributed by atoms with van der Waals surface area (Å²) < 4.78 is 6.56. The number of halogens is 1. The molecular formula is C18H14BrN3O2S. The summed E-state index contributed by atoms with van der Waals surface area (Å²) in [7, 11) is 0. The number of carbonyl (C=O) groups excluding carboxylic acids is 1. The van der Waals surface area contributed by atoms with Crippen LogP contribution in [0.5, 0.6) is 0 Å². The highest BCUT2D eigenvalue weighted by molar-refractivity contribution is 9.10. The Morgan fingerprint density at radius 2 is 1.96 bits per heavy atom. The Bertz CT molecular complexity index is 928. The molecule has 1 aliphatic heterocycles. The smallest absolute Gasteiger partial charge is 0.277 e. The zero-order chi connectivity index (χ0) is 17.2. The van der Waals surface area contributed by atoms with Gasteiger partial charge < -0.3 is 9.32 Å². The van der Waals surface area contributed by atoms with Crippen LogP contribution in [0.1, 0.15) is 5.56 Å². The van der Waals surface area contributed by atoms with Crippen LogP contribution in [-0.2, 0) is 11.2 Å². The molecule has 3 aromatic rings. The lowest BCUT2D eigenvalue weighted by Gasteiger charge is -2.16. The van der Waals surface area contributed by atoms with Crippen molar-refractivity contribution in [1.29, 1.82) is 0 Å². The number of aromatic nitrogens is 2. The van der Waals surface area contributed by atoms with Gasteiger partial charge in [-0.2, -0.15) is 0 Å². The Morgan fingerprint density at radius 3 is 2.84 bits per heavy atom. The summed E-state index contributed by atoms with van der Waals surface area (Å²) in [6.07, 6.45) is 0.902. The lowest BCUT2D eigenvalue weighted by molar-refractivity contribution is -0.116. The number of rotatable bonds is 4. The standard InChI is InChI=1S/C18H14BrN3O2S/c19-14-7-3-2-6-13(14)17-20-21-18(24-17)25-11-16(23)22-10-9-12-5-1-4-8-15(12)22/h1-8H,9-11H2. The predicted molar refractivity (Wildman–Crippen MR) is 101 cm³/mol. The molecule has 0 aliphatic carbocycles. The third kappa shape index (κ3) is 3.34. The first-order chi connectivity index (χ1) is 12.2. The van der Waals surface area contributed by atoms with Crippen LogP contribution in [-0.4, -0.2) is 28.4 Å². The zero-order valence-corrected chi connectivity index (χ0v) is 15.6. The predicted octanol–water partition coefficient (Wildman–Crippen LogP) is 4.18. The van der Waals surface area contributed by atoms with Gasteiger partial charge in [0.1, 0.15) is 0 Å². The second-order valence-electron chi connectivity index (χ2n) is 5.57. The number of para-hydroxylation sites is 1. The third-order valence-corrected chi connectivity index (χ3v) is 5.51. The lowest BCUT2D eigenvalue weighted by Crippen LogP contribution is -2.30. The van der Waals surface area contributed by atoms with Crippen molar-refractivity contribution in [2.45, 2.75) is 11.6 Å². The monoisotopic (exact) mass is 415 g/mol. The van der Waals surface area contributed by atoms with E-state index in [-0.39, 0.29) is 11.7 Å². The number of anilines is 1. The fraction of sp³-hybridized carbons (Fsp3) is 0.167. The van der Waals surface area contributed by atoms with Gasteiger partial charge in [-0.1, -0.05) is 42.1 Å². The second kappa shape index (κ2) is 7.01. The van der Waals surface area contributed by atoms with Crippen molar-refractivity contribution in [3.8, 4) is 11.5 Å². The first-order valence-corrected chi connectivity index (χ1v) is 9.60. The lowest BCUT2D eigenvalue weighted by atomic mass is 10.2. The molecule has 1 aromatic heterocycles. The highest BCUT2D eigenvalue weighted by Crippen LogP contribution is 2.31. The molecule has 4 rings (SSSR count). The Kier molecular flexibility index (Phi) is 4.59. The topological polar surface area (TPSA) is 59.2 Å². The number of nitrogens with zero attached hydrogens (tertiary/aromatic N) is 3. The van der Waals surface area contributed by atoms with Gasteiger partial charge in [0.05, 0.1) is 11.3 Å². The van der Waals surface area contributed by atoms with Gasteiger partial charge in [0.2, 0.25) is 11.8 Å². The van der Waals surface area contributed by atoms with Crippen LogP contribution in [0.2, 0.25) is 0 Å². The van der Waals surface area contributed by atoms with Gasteiger partial charge in [0, 0.05) is 16.7 Å². The molecule has 126 valence electrons. The van der Waals surface area contributed by atoms with Gasteiger partial charge >= 0.3 is 0 Å². The molecule has 0 unspecified atom stereocenters. The maximum atomic E-state index is 12.5. The first kappa shape index (κ1) is 16.4. The maximum Gasteiger partial charge on any atom is 0.277 e. The van der Waals surface area contributed by atoms with Crippen molar-refractivity contribution in [2.75, 3.05) is 17.2 Å². The average molecular weight is 416 g/mol. The number of benzene rings is 2. The molecule has 1 aliphatic rings. The Morgan fingerprint density at radius 1 is 1.16 bits per heavy atom. The van der Waals surface area contributed by atoms with Crippen LogP contribution in [0.3, 0.4) is 0 Å². The van der Waals surface area contributed by atoms with Crippen molar-refractivity contribution >= 4 is 39.3 Å². The van der Waals surface area contributed by atoms with E-state index in [1.54, 1.807) is 0 Å². The van der Waals surface area contributed by atoms with Gasteiger partial charge in [-0.25, -0.2) is 0 Å². The minimum Gasteiger partial charge on any atom is -0.411 e. The Labute approximate surface area is 157 Å². The highest BCUT2D eigenvalue weighted by Gasteiger charge is 2.24.